The molecule has 158 valence electrons. The van der Waals surface area contributed by atoms with Gasteiger partial charge in [0, 0.05) is 31.2 Å². The minimum Gasteiger partial charge on any atom is -0.379 e. The van der Waals surface area contributed by atoms with Gasteiger partial charge in [-0.1, -0.05) is 36.0 Å². The molecule has 6 nitrogen and oxygen atoms in total. The first-order chi connectivity index (χ1) is 14.4. The Morgan fingerprint density at radius 3 is 2.70 bits per heavy atom. The Labute approximate surface area is 181 Å². The summed E-state index contributed by atoms with van der Waals surface area (Å²) in [4.78, 5) is 4.84. The summed E-state index contributed by atoms with van der Waals surface area (Å²) in [7, 11) is -3.49. The quantitative estimate of drug-likeness (QED) is 0.542. The SMILES string of the molecule is Cc1ccc(C)c(-n2ccnc2SCc2cccc(S(=O)(=O)N3CCOCC3)c2)c1. The molecule has 1 fully saturated rings. The minimum absolute atomic E-state index is 0.334. The molecule has 0 saturated carbocycles. The van der Waals surface area contributed by atoms with Crippen LogP contribution in [0.15, 0.2) is 64.9 Å². The molecule has 3 aromatic rings. The van der Waals surface area contributed by atoms with Crippen LogP contribution in [0, 0.1) is 13.8 Å². The zero-order chi connectivity index (χ0) is 21.1. The number of thioether (sulfide) groups is 1. The number of imidazole rings is 1. The van der Waals surface area contributed by atoms with Gasteiger partial charge >= 0.3 is 0 Å². The first-order valence-electron chi connectivity index (χ1n) is 9.86. The van der Waals surface area contributed by atoms with E-state index in [1.165, 1.54) is 15.4 Å². The second kappa shape index (κ2) is 8.93. The maximum atomic E-state index is 12.9. The van der Waals surface area contributed by atoms with Crippen LogP contribution in [0.3, 0.4) is 0 Å². The molecule has 1 aliphatic heterocycles. The molecule has 1 aliphatic rings. The number of sulfonamides is 1. The van der Waals surface area contributed by atoms with Crippen LogP contribution < -0.4 is 0 Å². The molecule has 30 heavy (non-hydrogen) atoms. The molecule has 2 aromatic carbocycles. The Bertz CT molecular complexity index is 1140. The summed E-state index contributed by atoms with van der Waals surface area (Å²) in [6.45, 7) is 5.84. The molecule has 0 aliphatic carbocycles. The first-order valence-corrected chi connectivity index (χ1v) is 12.3. The largest absolute Gasteiger partial charge is 0.379 e. The van der Waals surface area contributed by atoms with Crippen LogP contribution in [0.5, 0.6) is 0 Å². The Morgan fingerprint density at radius 1 is 1.10 bits per heavy atom. The van der Waals surface area contributed by atoms with E-state index in [1.54, 1.807) is 36.2 Å². The van der Waals surface area contributed by atoms with Gasteiger partial charge < -0.3 is 4.74 Å². The molecule has 8 heteroatoms. The number of morpholine rings is 1. The molecule has 1 saturated heterocycles. The predicted molar refractivity (Wildman–Crippen MR) is 119 cm³/mol. The summed E-state index contributed by atoms with van der Waals surface area (Å²) in [6, 6.07) is 13.6. The third-order valence-electron chi connectivity index (χ3n) is 5.11. The third-order valence-corrected chi connectivity index (χ3v) is 8.04. The van der Waals surface area contributed by atoms with E-state index in [0.29, 0.717) is 37.0 Å². The van der Waals surface area contributed by atoms with E-state index < -0.39 is 10.0 Å². The topological polar surface area (TPSA) is 64.4 Å². The van der Waals surface area contributed by atoms with Gasteiger partial charge in [0.05, 0.1) is 23.8 Å². The van der Waals surface area contributed by atoms with Crippen LogP contribution in [0.2, 0.25) is 0 Å². The minimum atomic E-state index is -3.49. The fraction of sp³-hybridized carbons (Fsp3) is 0.318. The van der Waals surface area contributed by atoms with Crippen LogP contribution in [-0.2, 0) is 20.5 Å². The second-order valence-electron chi connectivity index (χ2n) is 7.32. The molecular formula is C22H25N3O3S2. The van der Waals surface area contributed by atoms with Crippen LogP contribution in [0.25, 0.3) is 5.69 Å². The second-order valence-corrected chi connectivity index (χ2v) is 10.2. The van der Waals surface area contributed by atoms with Crippen LogP contribution in [0.4, 0.5) is 0 Å². The molecule has 0 bridgehead atoms. The smallest absolute Gasteiger partial charge is 0.243 e. The van der Waals surface area contributed by atoms with Crippen molar-refractivity contribution >= 4 is 21.8 Å². The number of hydrogen-bond acceptors (Lipinski definition) is 5. The van der Waals surface area contributed by atoms with Crippen LogP contribution in [-0.4, -0.2) is 48.6 Å². The number of aromatic nitrogens is 2. The molecule has 2 heterocycles. The van der Waals surface area contributed by atoms with Crippen molar-refractivity contribution in [1.29, 1.82) is 0 Å². The summed E-state index contributed by atoms with van der Waals surface area (Å²) in [5.41, 5.74) is 4.43. The maximum absolute atomic E-state index is 12.9. The lowest BCUT2D eigenvalue weighted by Gasteiger charge is -2.26. The first kappa shape index (κ1) is 21.1. The van der Waals surface area contributed by atoms with Gasteiger partial charge in [-0.2, -0.15) is 4.31 Å². The maximum Gasteiger partial charge on any atom is 0.243 e. The number of aryl methyl sites for hydroxylation is 2. The Hall–Kier alpha value is -2.13. The lowest BCUT2D eigenvalue weighted by atomic mass is 10.1. The van der Waals surface area contributed by atoms with Gasteiger partial charge in [-0.05, 0) is 48.7 Å². The highest BCUT2D eigenvalue weighted by Gasteiger charge is 2.26. The summed E-state index contributed by atoms with van der Waals surface area (Å²) in [5.74, 6) is 0.633. The Morgan fingerprint density at radius 2 is 1.90 bits per heavy atom. The van der Waals surface area contributed by atoms with Crippen molar-refractivity contribution in [2.24, 2.45) is 0 Å². The molecule has 1 aromatic heterocycles. The van der Waals surface area contributed by atoms with E-state index in [-0.39, 0.29) is 0 Å². The number of rotatable bonds is 6. The van der Waals surface area contributed by atoms with Crippen molar-refractivity contribution in [3.63, 3.8) is 0 Å². The van der Waals surface area contributed by atoms with Gasteiger partial charge in [0.1, 0.15) is 0 Å². The summed E-state index contributed by atoms with van der Waals surface area (Å²) < 4.78 is 34.7. The van der Waals surface area contributed by atoms with E-state index in [9.17, 15) is 8.42 Å². The highest BCUT2D eigenvalue weighted by Crippen LogP contribution is 2.27. The van der Waals surface area contributed by atoms with E-state index in [2.05, 4.69) is 41.6 Å². The average Bonchev–Trinajstić information content (AvgIpc) is 3.23. The highest BCUT2D eigenvalue weighted by molar-refractivity contribution is 7.98. The van der Waals surface area contributed by atoms with Gasteiger partial charge in [0.25, 0.3) is 0 Å². The summed E-state index contributed by atoms with van der Waals surface area (Å²) >= 11 is 1.59. The molecule has 0 atom stereocenters. The van der Waals surface area contributed by atoms with Gasteiger partial charge in [0.2, 0.25) is 10.0 Å². The number of nitrogens with zero attached hydrogens (tertiary/aromatic N) is 3. The van der Waals surface area contributed by atoms with Crippen LogP contribution >= 0.6 is 11.8 Å². The lowest BCUT2D eigenvalue weighted by molar-refractivity contribution is 0.0730. The zero-order valence-corrected chi connectivity index (χ0v) is 18.7. The monoisotopic (exact) mass is 443 g/mol. The van der Waals surface area contributed by atoms with E-state index in [4.69, 9.17) is 4.74 Å². The predicted octanol–water partition coefficient (Wildman–Crippen LogP) is 3.80. The van der Waals surface area contributed by atoms with Crippen molar-refractivity contribution < 1.29 is 13.2 Å². The lowest BCUT2D eigenvalue weighted by Crippen LogP contribution is -2.40. The van der Waals surface area contributed by atoms with Crippen molar-refractivity contribution in [3.8, 4) is 5.69 Å². The fourth-order valence-electron chi connectivity index (χ4n) is 3.44. The van der Waals surface area contributed by atoms with E-state index >= 15 is 0 Å². The standard InChI is InChI=1S/C22H25N3O3S2/c1-17-6-7-18(2)21(14-17)25-9-8-23-22(25)29-16-19-4-3-5-20(15-19)30(26,27)24-10-12-28-13-11-24/h3-9,14-15H,10-13,16H2,1-2H3. The van der Waals surface area contributed by atoms with Gasteiger partial charge in [-0.3, -0.25) is 4.57 Å². The molecule has 4 rings (SSSR count). The highest BCUT2D eigenvalue weighted by atomic mass is 32.2. The van der Waals surface area contributed by atoms with Crippen molar-refractivity contribution in [2.75, 3.05) is 26.3 Å². The summed E-state index contributed by atoms with van der Waals surface area (Å²) in [5, 5.41) is 0.880. The zero-order valence-electron chi connectivity index (χ0n) is 17.1. The normalized spacial score (nSPS) is 15.4. The molecule has 0 spiro atoms. The molecular weight excluding hydrogens is 418 g/mol. The van der Waals surface area contributed by atoms with E-state index in [1.807, 2.05) is 12.3 Å². The fourth-order valence-corrected chi connectivity index (χ4v) is 5.83. The van der Waals surface area contributed by atoms with Crippen molar-refractivity contribution in [2.45, 2.75) is 29.7 Å². The average molecular weight is 444 g/mol. The van der Waals surface area contributed by atoms with E-state index in [0.717, 1.165) is 16.4 Å². The molecule has 0 unspecified atom stereocenters. The molecule has 0 amide bonds. The van der Waals surface area contributed by atoms with Crippen molar-refractivity contribution in [1.82, 2.24) is 13.9 Å². The molecule has 0 N–H and O–H groups in total. The van der Waals surface area contributed by atoms with Crippen LogP contribution in [0.1, 0.15) is 16.7 Å². The third kappa shape index (κ3) is 4.46. The van der Waals surface area contributed by atoms with Gasteiger partial charge in [-0.25, -0.2) is 13.4 Å². The Balaban J connectivity index is 1.53. The number of benzene rings is 2. The number of ether oxygens (including phenoxy) is 1. The molecule has 0 radical (unpaired) electrons. The Kier molecular flexibility index (Phi) is 6.29. The van der Waals surface area contributed by atoms with Gasteiger partial charge in [0.15, 0.2) is 5.16 Å². The summed E-state index contributed by atoms with van der Waals surface area (Å²) in [6.07, 6.45) is 3.76. The van der Waals surface area contributed by atoms with Gasteiger partial charge in [-0.15, -0.1) is 0 Å². The van der Waals surface area contributed by atoms with Crippen molar-refractivity contribution in [3.05, 3.63) is 71.5 Å². The number of hydrogen-bond donors (Lipinski definition) is 0.